The summed E-state index contributed by atoms with van der Waals surface area (Å²) in [6, 6.07) is 14.5. The molecule has 1 heterocycles. The number of thiocarbonyl (C=S) groups is 1. The average Bonchev–Trinajstić information content (AvgIpc) is 2.71. The van der Waals surface area contributed by atoms with Crippen LogP contribution in [0.5, 0.6) is 11.5 Å². The SMILES string of the molecule is COc1ccc([C@@H]2NC(=S)NC(C)=C2C(=O)OCc2ccccc2)c(OC)c1. The van der Waals surface area contributed by atoms with Crippen LogP contribution in [0.3, 0.4) is 0 Å². The van der Waals surface area contributed by atoms with Gasteiger partial charge in [0.2, 0.25) is 0 Å². The minimum absolute atomic E-state index is 0.188. The third-order valence-electron chi connectivity index (χ3n) is 4.45. The minimum atomic E-state index is -0.502. The maximum atomic E-state index is 12.9. The summed E-state index contributed by atoms with van der Waals surface area (Å²) in [5.74, 6) is 0.820. The lowest BCUT2D eigenvalue weighted by Gasteiger charge is -2.30. The van der Waals surface area contributed by atoms with Gasteiger partial charge in [0.1, 0.15) is 18.1 Å². The van der Waals surface area contributed by atoms with E-state index in [9.17, 15) is 4.79 Å². The van der Waals surface area contributed by atoms with Crippen molar-refractivity contribution >= 4 is 23.3 Å². The van der Waals surface area contributed by atoms with Gasteiger partial charge >= 0.3 is 5.97 Å². The van der Waals surface area contributed by atoms with Gasteiger partial charge in [0.25, 0.3) is 0 Å². The molecule has 3 rings (SSSR count). The van der Waals surface area contributed by atoms with Crippen LogP contribution in [-0.4, -0.2) is 25.3 Å². The fraction of sp³-hybridized carbons (Fsp3) is 0.238. The van der Waals surface area contributed by atoms with Crippen molar-refractivity contribution in [2.45, 2.75) is 19.6 Å². The largest absolute Gasteiger partial charge is 0.497 e. The minimum Gasteiger partial charge on any atom is -0.497 e. The Hall–Kier alpha value is -3.06. The zero-order chi connectivity index (χ0) is 20.1. The van der Waals surface area contributed by atoms with Crippen LogP contribution in [0, 0.1) is 0 Å². The van der Waals surface area contributed by atoms with Crippen LogP contribution >= 0.6 is 12.2 Å². The molecule has 1 atom stereocenters. The van der Waals surface area contributed by atoms with Gasteiger partial charge in [0.05, 0.1) is 25.8 Å². The van der Waals surface area contributed by atoms with Gasteiger partial charge in [-0.15, -0.1) is 0 Å². The van der Waals surface area contributed by atoms with E-state index in [0.29, 0.717) is 27.9 Å². The van der Waals surface area contributed by atoms with E-state index < -0.39 is 12.0 Å². The molecule has 0 spiro atoms. The number of hydrogen-bond acceptors (Lipinski definition) is 5. The number of allylic oxidation sites excluding steroid dienone is 1. The summed E-state index contributed by atoms with van der Waals surface area (Å²) in [7, 11) is 3.16. The van der Waals surface area contributed by atoms with Crippen molar-refractivity contribution in [3.63, 3.8) is 0 Å². The maximum Gasteiger partial charge on any atom is 0.338 e. The van der Waals surface area contributed by atoms with Crippen LogP contribution in [0.1, 0.15) is 24.1 Å². The number of rotatable bonds is 6. The van der Waals surface area contributed by atoms with Gasteiger partial charge in [0.15, 0.2) is 5.11 Å². The Morgan fingerprint density at radius 3 is 2.54 bits per heavy atom. The van der Waals surface area contributed by atoms with Crippen LogP contribution in [0.25, 0.3) is 0 Å². The van der Waals surface area contributed by atoms with Crippen molar-refractivity contribution in [3.8, 4) is 11.5 Å². The predicted molar refractivity (Wildman–Crippen MR) is 110 cm³/mol. The quantitative estimate of drug-likeness (QED) is 0.572. The van der Waals surface area contributed by atoms with Crippen molar-refractivity contribution in [2.75, 3.05) is 14.2 Å². The molecule has 0 bridgehead atoms. The highest BCUT2D eigenvalue weighted by molar-refractivity contribution is 7.80. The summed E-state index contributed by atoms with van der Waals surface area (Å²) >= 11 is 5.29. The lowest BCUT2D eigenvalue weighted by molar-refractivity contribution is -0.140. The second kappa shape index (κ2) is 8.75. The summed E-state index contributed by atoms with van der Waals surface area (Å²) in [5.41, 5.74) is 2.77. The Bertz CT molecular complexity index is 912. The fourth-order valence-corrected chi connectivity index (χ4v) is 3.33. The number of nitrogens with one attached hydrogen (secondary N) is 2. The molecule has 0 saturated heterocycles. The summed E-state index contributed by atoms with van der Waals surface area (Å²) < 4.78 is 16.3. The monoisotopic (exact) mass is 398 g/mol. The van der Waals surface area contributed by atoms with E-state index in [1.54, 1.807) is 27.2 Å². The molecule has 0 amide bonds. The number of ether oxygens (including phenoxy) is 3. The first-order valence-electron chi connectivity index (χ1n) is 8.74. The van der Waals surface area contributed by atoms with Gasteiger partial charge in [-0.1, -0.05) is 30.3 Å². The van der Waals surface area contributed by atoms with E-state index >= 15 is 0 Å². The molecule has 0 aliphatic carbocycles. The summed E-state index contributed by atoms with van der Waals surface area (Å²) in [4.78, 5) is 12.9. The molecule has 2 N–H and O–H groups in total. The van der Waals surface area contributed by atoms with Crippen molar-refractivity contribution in [1.29, 1.82) is 0 Å². The smallest absolute Gasteiger partial charge is 0.338 e. The van der Waals surface area contributed by atoms with Crippen LogP contribution < -0.4 is 20.1 Å². The molecular formula is C21H22N2O4S. The Morgan fingerprint density at radius 1 is 1.11 bits per heavy atom. The van der Waals surface area contributed by atoms with Crippen molar-refractivity contribution < 1.29 is 19.0 Å². The zero-order valence-corrected chi connectivity index (χ0v) is 16.8. The third kappa shape index (κ3) is 4.26. The molecule has 1 aliphatic rings. The summed E-state index contributed by atoms with van der Waals surface area (Å²) in [6.07, 6.45) is 0. The van der Waals surface area contributed by atoms with Crippen LogP contribution in [-0.2, 0) is 16.1 Å². The van der Waals surface area contributed by atoms with Crippen LogP contribution in [0.15, 0.2) is 59.8 Å². The van der Waals surface area contributed by atoms with Crippen molar-refractivity contribution in [3.05, 3.63) is 70.9 Å². The number of benzene rings is 2. The van der Waals surface area contributed by atoms with Crippen molar-refractivity contribution in [1.82, 2.24) is 10.6 Å². The van der Waals surface area contributed by atoms with E-state index in [0.717, 1.165) is 11.1 Å². The number of hydrogen-bond donors (Lipinski definition) is 2. The van der Waals surface area contributed by atoms with E-state index in [-0.39, 0.29) is 6.61 Å². The van der Waals surface area contributed by atoms with Gasteiger partial charge in [-0.25, -0.2) is 4.79 Å². The third-order valence-corrected chi connectivity index (χ3v) is 4.67. The van der Waals surface area contributed by atoms with Crippen LogP contribution in [0.4, 0.5) is 0 Å². The Labute approximate surface area is 169 Å². The molecule has 28 heavy (non-hydrogen) atoms. The predicted octanol–water partition coefficient (Wildman–Crippen LogP) is 3.24. The molecule has 0 radical (unpaired) electrons. The number of carbonyl (C=O) groups excluding carboxylic acids is 1. The van der Waals surface area contributed by atoms with Gasteiger partial charge in [-0.05, 0) is 36.8 Å². The summed E-state index contributed by atoms with van der Waals surface area (Å²) in [5, 5.41) is 6.58. The van der Waals surface area contributed by atoms with E-state index in [4.69, 9.17) is 26.4 Å². The second-order valence-corrected chi connectivity index (χ2v) is 6.65. The highest BCUT2D eigenvalue weighted by Gasteiger charge is 2.33. The van der Waals surface area contributed by atoms with Crippen molar-refractivity contribution in [2.24, 2.45) is 0 Å². The van der Waals surface area contributed by atoms with Gasteiger partial charge in [0, 0.05) is 17.3 Å². The fourth-order valence-electron chi connectivity index (χ4n) is 3.06. The number of methoxy groups -OCH3 is 2. The molecule has 0 aromatic heterocycles. The molecule has 146 valence electrons. The second-order valence-electron chi connectivity index (χ2n) is 6.24. The molecule has 2 aromatic rings. The lowest BCUT2D eigenvalue weighted by atomic mass is 9.94. The Kier molecular flexibility index (Phi) is 6.16. The molecule has 0 saturated carbocycles. The molecule has 0 fully saturated rings. The Balaban J connectivity index is 1.91. The normalized spacial score (nSPS) is 16.1. The lowest BCUT2D eigenvalue weighted by Crippen LogP contribution is -2.45. The van der Waals surface area contributed by atoms with Gasteiger partial charge in [-0.2, -0.15) is 0 Å². The number of carbonyl (C=O) groups is 1. The molecule has 6 nitrogen and oxygen atoms in total. The Morgan fingerprint density at radius 2 is 1.86 bits per heavy atom. The first-order valence-corrected chi connectivity index (χ1v) is 9.15. The standard InChI is InChI=1S/C21H22N2O4S/c1-13-18(20(24)27-12-14-7-5-4-6-8-14)19(23-21(28)22-13)16-10-9-15(25-2)11-17(16)26-3/h4-11,19H,12H2,1-3H3,(H2,22,23,28)/t19-/m0/s1. The highest BCUT2D eigenvalue weighted by atomic mass is 32.1. The average molecular weight is 398 g/mol. The van der Waals surface area contributed by atoms with Gasteiger partial charge in [-0.3, -0.25) is 0 Å². The van der Waals surface area contributed by atoms with E-state index in [1.165, 1.54) is 0 Å². The molecule has 2 aromatic carbocycles. The summed E-state index contributed by atoms with van der Waals surface area (Å²) in [6.45, 7) is 1.99. The molecule has 0 unspecified atom stereocenters. The van der Waals surface area contributed by atoms with E-state index in [1.807, 2.05) is 42.5 Å². The molecular weight excluding hydrogens is 376 g/mol. The first-order chi connectivity index (χ1) is 13.5. The molecule has 7 heteroatoms. The maximum absolute atomic E-state index is 12.9. The topological polar surface area (TPSA) is 68.8 Å². The first kappa shape index (κ1) is 19.7. The highest BCUT2D eigenvalue weighted by Crippen LogP contribution is 2.35. The van der Waals surface area contributed by atoms with Crippen LogP contribution in [0.2, 0.25) is 0 Å². The zero-order valence-electron chi connectivity index (χ0n) is 15.9. The van der Waals surface area contributed by atoms with Gasteiger partial charge < -0.3 is 24.8 Å². The number of esters is 1. The molecule has 1 aliphatic heterocycles. The van der Waals surface area contributed by atoms with E-state index in [2.05, 4.69) is 10.6 Å².